The first-order valence-electron chi connectivity index (χ1n) is 4.70. The number of hydrogen-bond acceptors (Lipinski definition) is 4. The highest BCUT2D eigenvalue weighted by Crippen LogP contribution is 2.27. The summed E-state index contributed by atoms with van der Waals surface area (Å²) in [4.78, 5) is 15.5. The molecule has 0 saturated carbocycles. The lowest BCUT2D eigenvalue weighted by atomic mass is 10.2. The second-order valence-electron chi connectivity index (χ2n) is 3.16. The van der Waals surface area contributed by atoms with Crippen molar-refractivity contribution in [3.05, 3.63) is 23.1 Å². The molecular weight excluding hydrogens is 210 g/mol. The second kappa shape index (κ2) is 3.94. The van der Waals surface area contributed by atoms with E-state index in [0.29, 0.717) is 5.01 Å². The van der Waals surface area contributed by atoms with Crippen LogP contribution < -0.4 is 0 Å². The lowest BCUT2D eigenvalue weighted by molar-refractivity contribution is 0.112. The maximum Gasteiger partial charge on any atom is 0.178 e. The van der Waals surface area contributed by atoms with Gasteiger partial charge in [-0.15, -0.1) is 11.3 Å². The van der Waals surface area contributed by atoms with Crippen molar-refractivity contribution in [1.29, 1.82) is 0 Å². The van der Waals surface area contributed by atoms with E-state index in [4.69, 9.17) is 0 Å². The van der Waals surface area contributed by atoms with Crippen LogP contribution in [0.25, 0.3) is 10.4 Å². The van der Waals surface area contributed by atoms with Crippen LogP contribution in [-0.2, 0) is 6.54 Å². The van der Waals surface area contributed by atoms with E-state index in [-0.39, 0.29) is 0 Å². The molecule has 0 radical (unpaired) electrons. The molecular formula is C10H11N3OS. The van der Waals surface area contributed by atoms with E-state index in [2.05, 4.69) is 10.1 Å². The Balaban J connectivity index is 2.43. The topological polar surface area (TPSA) is 47.8 Å². The molecule has 5 heteroatoms. The number of aryl methyl sites for hydroxylation is 2. The molecule has 0 spiro atoms. The van der Waals surface area contributed by atoms with Crippen LogP contribution in [-0.4, -0.2) is 21.1 Å². The van der Waals surface area contributed by atoms with Gasteiger partial charge < -0.3 is 0 Å². The minimum atomic E-state index is 0.508. The van der Waals surface area contributed by atoms with Crippen molar-refractivity contribution in [2.75, 3.05) is 0 Å². The normalized spacial score (nSPS) is 10.5. The molecule has 0 saturated heterocycles. The lowest BCUT2D eigenvalue weighted by Gasteiger charge is -1.90. The molecule has 78 valence electrons. The third kappa shape index (κ3) is 1.83. The third-order valence-corrected chi connectivity index (χ3v) is 3.12. The highest BCUT2D eigenvalue weighted by Gasteiger charge is 2.09. The average Bonchev–Trinajstić information content (AvgIpc) is 2.83. The molecule has 0 aliphatic rings. The number of carbonyl (C=O) groups excluding carboxylic acids is 1. The Morgan fingerprint density at radius 3 is 2.93 bits per heavy atom. The summed E-state index contributed by atoms with van der Waals surface area (Å²) in [5, 5.41) is 4.86. The molecule has 0 atom stereocenters. The number of aromatic nitrogens is 3. The van der Waals surface area contributed by atoms with Gasteiger partial charge in [-0.2, -0.15) is 5.10 Å². The summed E-state index contributed by atoms with van der Waals surface area (Å²) in [6.45, 7) is 4.85. The Hall–Kier alpha value is -1.49. The molecule has 0 bridgehead atoms. The number of aldehydes is 1. The molecule has 0 fully saturated rings. The maximum atomic E-state index is 10.5. The van der Waals surface area contributed by atoms with Gasteiger partial charge >= 0.3 is 0 Å². The molecule has 2 heterocycles. The van der Waals surface area contributed by atoms with Crippen molar-refractivity contribution in [3.63, 3.8) is 0 Å². The monoisotopic (exact) mass is 221 g/mol. The fourth-order valence-corrected chi connectivity index (χ4v) is 2.18. The van der Waals surface area contributed by atoms with Gasteiger partial charge in [0.2, 0.25) is 0 Å². The second-order valence-corrected chi connectivity index (χ2v) is 4.23. The number of thiazole rings is 1. The molecule has 4 nitrogen and oxygen atoms in total. The van der Waals surface area contributed by atoms with Gasteiger partial charge in [0.25, 0.3) is 0 Å². The highest BCUT2D eigenvalue weighted by atomic mass is 32.1. The van der Waals surface area contributed by atoms with Gasteiger partial charge in [0, 0.05) is 24.5 Å². The predicted octanol–water partition coefficient (Wildman–Crippen LogP) is 2.15. The Morgan fingerprint density at radius 1 is 1.60 bits per heavy atom. The Morgan fingerprint density at radius 2 is 2.40 bits per heavy atom. The fourth-order valence-electron chi connectivity index (χ4n) is 1.39. The molecule has 2 aromatic rings. The lowest BCUT2D eigenvalue weighted by Crippen LogP contribution is -1.93. The van der Waals surface area contributed by atoms with E-state index in [1.165, 1.54) is 11.3 Å². The zero-order chi connectivity index (χ0) is 10.8. The van der Waals surface area contributed by atoms with Gasteiger partial charge in [-0.1, -0.05) is 0 Å². The van der Waals surface area contributed by atoms with Crippen LogP contribution in [0.15, 0.2) is 12.4 Å². The number of rotatable bonds is 3. The average molecular weight is 221 g/mol. The summed E-state index contributed by atoms with van der Waals surface area (Å²) in [6, 6.07) is 0. The van der Waals surface area contributed by atoms with Crippen LogP contribution in [0.3, 0.4) is 0 Å². The van der Waals surface area contributed by atoms with Crippen LogP contribution in [0.2, 0.25) is 0 Å². The largest absolute Gasteiger partial charge is 0.295 e. The van der Waals surface area contributed by atoms with Gasteiger partial charge in [0.05, 0.1) is 10.6 Å². The van der Waals surface area contributed by atoms with Crippen molar-refractivity contribution in [1.82, 2.24) is 14.8 Å². The van der Waals surface area contributed by atoms with Gasteiger partial charge in [0.1, 0.15) is 0 Å². The molecule has 0 amide bonds. The van der Waals surface area contributed by atoms with Gasteiger partial charge in [-0.25, -0.2) is 4.98 Å². The zero-order valence-corrected chi connectivity index (χ0v) is 9.41. The zero-order valence-electron chi connectivity index (χ0n) is 8.60. The first kappa shape index (κ1) is 10.0. The highest BCUT2D eigenvalue weighted by molar-refractivity contribution is 7.16. The molecule has 0 aromatic carbocycles. The summed E-state index contributed by atoms with van der Waals surface area (Å²) in [5.41, 5.74) is 2.03. The van der Waals surface area contributed by atoms with Crippen molar-refractivity contribution in [3.8, 4) is 10.4 Å². The van der Waals surface area contributed by atoms with E-state index < -0.39 is 0 Å². The Bertz CT molecular complexity index is 487. The van der Waals surface area contributed by atoms with Crippen LogP contribution in [0.5, 0.6) is 0 Å². The van der Waals surface area contributed by atoms with E-state index in [9.17, 15) is 4.79 Å². The Kier molecular flexibility index (Phi) is 2.64. The predicted molar refractivity (Wildman–Crippen MR) is 59.1 cm³/mol. The van der Waals surface area contributed by atoms with Crippen molar-refractivity contribution >= 4 is 17.6 Å². The molecule has 0 aliphatic carbocycles. The maximum absolute atomic E-state index is 10.5. The van der Waals surface area contributed by atoms with E-state index in [1.807, 2.05) is 24.7 Å². The van der Waals surface area contributed by atoms with Crippen LogP contribution >= 0.6 is 11.3 Å². The first-order chi connectivity index (χ1) is 7.24. The summed E-state index contributed by atoms with van der Waals surface area (Å²) in [5.74, 6) is 0. The summed E-state index contributed by atoms with van der Waals surface area (Å²) < 4.78 is 1.88. The van der Waals surface area contributed by atoms with E-state index in [1.54, 1.807) is 6.20 Å². The fraction of sp³-hybridized carbons (Fsp3) is 0.300. The number of carbonyl (C=O) groups is 1. The Labute approximate surface area is 91.6 Å². The van der Waals surface area contributed by atoms with Crippen LogP contribution in [0.1, 0.15) is 22.4 Å². The number of nitrogens with zero attached hydrogens (tertiary/aromatic N) is 3. The van der Waals surface area contributed by atoms with Crippen molar-refractivity contribution < 1.29 is 4.79 Å². The number of hydrogen-bond donors (Lipinski definition) is 0. The van der Waals surface area contributed by atoms with Crippen LogP contribution in [0, 0.1) is 6.92 Å². The molecule has 2 rings (SSSR count). The van der Waals surface area contributed by atoms with Gasteiger partial charge in [0.15, 0.2) is 11.3 Å². The third-order valence-electron chi connectivity index (χ3n) is 2.16. The van der Waals surface area contributed by atoms with Crippen molar-refractivity contribution in [2.24, 2.45) is 0 Å². The first-order valence-corrected chi connectivity index (χ1v) is 5.51. The van der Waals surface area contributed by atoms with E-state index >= 15 is 0 Å². The summed E-state index contributed by atoms with van der Waals surface area (Å²) in [6.07, 6.45) is 4.48. The van der Waals surface area contributed by atoms with Crippen LogP contribution in [0.4, 0.5) is 0 Å². The molecule has 15 heavy (non-hydrogen) atoms. The molecule has 0 aliphatic heterocycles. The van der Waals surface area contributed by atoms with Gasteiger partial charge in [-0.05, 0) is 13.8 Å². The quantitative estimate of drug-likeness (QED) is 0.746. The smallest absolute Gasteiger partial charge is 0.178 e. The van der Waals surface area contributed by atoms with Crippen molar-refractivity contribution in [2.45, 2.75) is 20.4 Å². The van der Waals surface area contributed by atoms with Gasteiger partial charge in [-0.3, -0.25) is 9.48 Å². The SMILES string of the molecule is CCn1cc(-c2cnc(C=O)s2)c(C)n1. The summed E-state index contributed by atoms with van der Waals surface area (Å²) in [7, 11) is 0. The standard InChI is InChI=1S/C10H11N3OS/c1-3-13-5-8(7(2)12-13)9-4-11-10(6-14)15-9/h4-6H,3H2,1-2H3. The molecule has 0 unspecified atom stereocenters. The van der Waals surface area contributed by atoms with E-state index in [0.717, 1.165) is 29.0 Å². The minimum absolute atomic E-state index is 0.508. The minimum Gasteiger partial charge on any atom is -0.295 e. The molecule has 2 aromatic heterocycles. The molecule has 0 N–H and O–H groups in total. The summed E-state index contributed by atoms with van der Waals surface area (Å²) >= 11 is 1.39.